The highest BCUT2D eigenvalue weighted by Crippen LogP contribution is 2.25. The Balaban J connectivity index is 0.0000423. The third-order valence-corrected chi connectivity index (χ3v) is 14.7. The third-order valence-electron chi connectivity index (χ3n) is 14.7. The predicted octanol–water partition coefficient (Wildman–Crippen LogP) is -3.42. The van der Waals surface area contributed by atoms with E-state index in [4.69, 9.17) is 22.9 Å². The van der Waals surface area contributed by atoms with Crippen LogP contribution in [0.25, 0.3) is 0 Å². The number of aliphatic hydroxyl groups is 3. The summed E-state index contributed by atoms with van der Waals surface area (Å²) >= 11 is 0. The Bertz CT molecular complexity index is 2700. The Morgan fingerprint density at radius 3 is 1.68 bits per heavy atom. The van der Waals surface area contributed by atoms with Crippen LogP contribution >= 0.6 is 0 Å². The van der Waals surface area contributed by atoms with Crippen molar-refractivity contribution >= 4 is 76.8 Å². The molecule has 31 heteroatoms. The van der Waals surface area contributed by atoms with Crippen LogP contribution < -0.4 is 81.4 Å². The summed E-state index contributed by atoms with van der Waals surface area (Å²) in [6.45, 7) is 19.6. The molecule has 22 N–H and O–H groups in total. The van der Waals surface area contributed by atoms with Crippen molar-refractivity contribution in [2.24, 2.45) is 56.5 Å². The number of hydrogen-bond acceptors (Lipinski definition) is 17. The maximum absolute atomic E-state index is 15.5. The number of benzene rings is 1. The fourth-order valence-corrected chi connectivity index (χ4v) is 9.63. The minimum Gasteiger partial charge on any atom is -0.394 e. The quantitative estimate of drug-likeness (QED) is 0.0324. The molecule has 1 aliphatic heterocycles. The van der Waals surface area contributed by atoms with Crippen molar-refractivity contribution in [2.75, 3.05) is 19.7 Å². The van der Waals surface area contributed by atoms with Gasteiger partial charge in [0.2, 0.25) is 70.9 Å². The van der Waals surface area contributed by atoms with E-state index in [1.165, 1.54) is 38.1 Å². The van der Waals surface area contributed by atoms with Gasteiger partial charge in [-0.1, -0.05) is 127 Å². The number of primary amides is 1. The van der Waals surface area contributed by atoms with E-state index in [-0.39, 0.29) is 69.9 Å². The fourth-order valence-electron chi connectivity index (χ4n) is 9.63. The molecular formula is C61H106N16O15. The molecule has 2 rings (SSSR count). The van der Waals surface area contributed by atoms with Crippen molar-refractivity contribution in [3.05, 3.63) is 35.9 Å². The number of hydrogen-bond donors (Lipinski definition) is 18. The lowest BCUT2D eigenvalue weighted by Crippen LogP contribution is -2.65. The molecule has 0 bridgehead atoms. The SMILES string of the molecule is C.CC[C@H](C)[C@@H]1NC(=O)[C@@H](CCCN=C(N)N)NC(=O)[C@H](CC(C)C)NC(=O)[C@H]([C@H](O)C(C)C)NC(=O)[C@@H](NC(=O)[C@H](CC(C)(C)C)NC(=O)[C@H](N)CC(C)(C)C)[C@@H](c2ccccc2)NC(=O)[C@H](CO)NC(=O)C(CC(N)=O)NC(=O)CNC(=O)[C@H]([C@H](C)O)NC1=O. The van der Waals surface area contributed by atoms with Crippen LogP contribution in [0.2, 0.25) is 0 Å². The molecule has 1 saturated heterocycles. The number of carbonyl (C=O) groups excluding carboxylic acids is 12. The van der Waals surface area contributed by atoms with E-state index in [2.05, 4.69) is 63.5 Å². The van der Waals surface area contributed by atoms with E-state index in [1.54, 1.807) is 54.5 Å². The first-order valence-corrected chi connectivity index (χ1v) is 30.6. The largest absolute Gasteiger partial charge is 0.394 e. The van der Waals surface area contributed by atoms with E-state index < -0.39 is 192 Å². The molecule has 1 heterocycles. The summed E-state index contributed by atoms with van der Waals surface area (Å²) in [5.74, 6) is -15.1. The predicted molar refractivity (Wildman–Crippen MR) is 343 cm³/mol. The highest BCUT2D eigenvalue weighted by molar-refractivity contribution is 6.00. The van der Waals surface area contributed by atoms with Gasteiger partial charge in [-0.05, 0) is 73.2 Å². The summed E-state index contributed by atoms with van der Waals surface area (Å²) < 4.78 is 0. The van der Waals surface area contributed by atoms with Gasteiger partial charge in [-0.2, -0.15) is 0 Å². The second-order valence-corrected chi connectivity index (χ2v) is 26.4. The van der Waals surface area contributed by atoms with Crippen molar-refractivity contribution in [3.63, 3.8) is 0 Å². The van der Waals surface area contributed by atoms with Gasteiger partial charge in [0, 0.05) is 6.54 Å². The number of rotatable bonds is 21. The molecule has 0 aliphatic carbocycles. The average molecular weight is 1300 g/mol. The van der Waals surface area contributed by atoms with Crippen molar-refractivity contribution in [1.29, 1.82) is 0 Å². The van der Waals surface area contributed by atoms with Crippen molar-refractivity contribution in [2.45, 2.75) is 221 Å². The summed E-state index contributed by atoms with van der Waals surface area (Å²) in [7, 11) is 0. The van der Waals surface area contributed by atoms with Gasteiger partial charge in [0.1, 0.15) is 54.4 Å². The van der Waals surface area contributed by atoms with Crippen molar-refractivity contribution < 1.29 is 72.9 Å². The first kappa shape index (κ1) is 82.0. The molecule has 0 saturated carbocycles. The van der Waals surface area contributed by atoms with Crippen LogP contribution in [0.4, 0.5) is 0 Å². The highest BCUT2D eigenvalue weighted by Gasteiger charge is 2.43. The number of aliphatic imine (C=N–C) groups is 1. The summed E-state index contributed by atoms with van der Waals surface area (Å²) in [5, 5.41) is 60.8. The lowest BCUT2D eigenvalue weighted by molar-refractivity contribution is -0.139. The van der Waals surface area contributed by atoms with Gasteiger partial charge in [0.25, 0.3) is 0 Å². The number of carbonyl (C=O) groups is 12. The highest BCUT2D eigenvalue weighted by atomic mass is 16.3. The van der Waals surface area contributed by atoms with Gasteiger partial charge in [-0.15, -0.1) is 0 Å². The normalized spacial score (nSPS) is 24.2. The van der Waals surface area contributed by atoms with E-state index in [0.29, 0.717) is 0 Å². The zero-order valence-corrected chi connectivity index (χ0v) is 54.7. The number of aliphatic hydroxyl groups excluding tert-OH is 3. The second-order valence-electron chi connectivity index (χ2n) is 26.4. The van der Waals surface area contributed by atoms with Gasteiger partial charge in [-0.25, -0.2) is 0 Å². The zero-order chi connectivity index (χ0) is 69.4. The number of nitrogens with two attached hydrogens (primary N) is 4. The molecule has 1 aromatic rings. The monoisotopic (exact) mass is 1300 g/mol. The maximum atomic E-state index is 15.5. The average Bonchev–Trinajstić information content (AvgIpc) is 1.02. The molecule has 1 aliphatic rings. The Labute approximate surface area is 539 Å². The van der Waals surface area contributed by atoms with E-state index in [9.17, 15) is 68.1 Å². The lowest BCUT2D eigenvalue weighted by atomic mass is 9.86. The molecule has 92 heavy (non-hydrogen) atoms. The van der Waals surface area contributed by atoms with Crippen LogP contribution in [-0.2, 0) is 57.5 Å². The zero-order valence-electron chi connectivity index (χ0n) is 54.7. The van der Waals surface area contributed by atoms with E-state index in [1.807, 2.05) is 20.8 Å². The van der Waals surface area contributed by atoms with Gasteiger partial charge < -0.3 is 96.7 Å². The molecule has 31 nitrogen and oxygen atoms in total. The molecule has 0 radical (unpaired) electrons. The molecule has 1 aromatic carbocycles. The molecule has 0 aromatic heterocycles. The smallest absolute Gasteiger partial charge is 0.245 e. The number of nitrogens with zero attached hydrogens (tertiary/aromatic N) is 1. The van der Waals surface area contributed by atoms with Crippen LogP contribution in [0.3, 0.4) is 0 Å². The molecule has 1 unspecified atom stereocenters. The number of amides is 12. The van der Waals surface area contributed by atoms with Gasteiger partial charge >= 0.3 is 0 Å². The second kappa shape index (κ2) is 38.1. The topological polar surface area (TPSA) is 514 Å². The fraction of sp³-hybridized carbons (Fsp3) is 0.689. The molecule has 0 spiro atoms. The standard InChI is InChI=1S/C60H102N16O15.CH4/c1-14-31(6)42-55(89)73-43(32(7)78)54(88)66-27-41(80)67-37(24-40(62)79)51(85)71-39(28-77)53(87)74-44(33-19-16-15-17-20-33)45(75-52(86)38(26-60(11,12)13)70-48(82)34(61)25-59(8,9)10)56(90)76-46(47(81)30(4)5)57(91)69-36(23-29(2)3)50(84)68-35(49(83)72-42)21-18-22-65-58(63)64;/h15-17,19-20,29-32,34-39,42-47,77-78,81H,14,18,21-28,61H2,1-13H3,(H2,62,79)(H,66,88)(H,67,80)(H,68,84)(H,69,91)(H,70,82)(H,71,85)(H,72,83)(H,73,89)(H,74,87)(H,75,86)(H,76,90)(H4,63,64,65);1H4/t31-,32-,34+,35+,36-,37?,38-,39-,42-,43-,44+,45-,46-,47+;/m0./s1. The van der Waals surface area contributed by atoms with Crippen LogP contribution in [0.5, 0.6) is 0 Å². The summed E-state index contributed by atoms with van der Waals surface area (Å²) in [4.78, 5) is 175. The molecule has 12 amide bonds. The maximum Gasteiger partial charge on any atom is 0.245 e. The first-order valence-electron chi connectivity index (χ1n) is 30.6. The minimum atomic E-state index is -2.06. The van der Waals surface area contributed by atoms with Crippen LogP contribution in [-0.4, -0.2) is 184 Å². The molecule has 1 fully saturated rings. The van der Waals surface area contributed by atoms with Gasteiger partial charge in [-0.3, -0.25) is 62.5 Å². The number of nitrogens with one attached hydrogen (secondary N) is 11. The van der Waals surface area contributed by atoms with Crippen molar-refractivity contribution in [1.82, 2.24) is 58.5 Å². The molecule has 14 atom stereocenters. The van der Waals surface area contributed by atoms with E-state index >= 15 is 4.79 Å². The van der Waals surface area contributed by atoms with Crippen LogP contribution in [0, 0.1) is 28.6 Å². The summed E-state index contributed by atoms with van der Waals surface area (Å²) in [5.41, 5.74) is 21.9. The Hall–Kier alpha value is -8.03. The Morgan fingerprint density at radius 1 is 0.641 bits per heavy atom. The molecular weight excluding hydrogens is 1200 g/mol. The number of guanidine groups is 1. The minimum absolute atomic E-state index is 0. The Morgan fingerprint density at radius 2 is 1.16 bits per heavy atom. The van der Waals surface area contributed by atoms with E-state index in [0.717, 1.165) is 6.92 Å². The van der Waals surface area contributed by atoms with Crippen LogP contribution in [0.1, 0.15) is 154 Å². The first-order chi connectivity index (χ1) is 42.2. The molecule has 520 valence electrons. The van der Waals surface area contributed by atoms with Crippen LogP contribution in [0.15, 0.2) is 35.3 Å². The summed E-state index contributed by atoms with van der Waals surface area (Å²) in [6.07, 6.45) is -4.18. The third kappa shape index (κ3) is 28.2. The summed E-state index contributed by atoms with van der Waals surface area (Å²) in [6, 6.07) is -11.1. The Kier molecular flexibility index (Phi) is 33.9. The van der Waals surface area contributed by atoms with Gasteiger partial charge in [0.15, 0.2) is 5.96 Å². The van der Waals surface area contributed by atoms with Crippen molar-refractivity contribution in [3.8, 4) is 0 Å². The lowest BCUT2D eigenvalue weighted by Gasteiger charge is -2.35. The van der Waals surface area contributed by atoms with Gasteiger partial charge in [0.05, 0.1) is 43.9 Å².